The number of benzene rings is 1. The molecule has 0 aliphatic heterocycles. The van der Waals surface area contributed by atoms with Gasteiger partial charge in [-0.2, -0.15) is 0 Å². The van der Waals surface area contributed by atoms with Crippen molar-refractivity contribution in [1.29, 1.82) is 0 Å². The summed E-state index contributed by atoms with van der Waals surface area (Å²) in [6.45, 7) is 15.5. The maximum absolute atomic E-state index is 12.1. The van der Waals surface area contributed by atoms with Crippen molar-refractivity contribution in [3.63, 3.8) is 0 Å². The van der Waals surface area contributed by atoms with Gasteiger partial charge in [0.25, 0.3) is 0 Å². The van der Waals surface area contributed by atoms with Gasteiger partial charge in [-0.1, -0.05) is 37.6 Å². The van der Waals surface area contributed by atoms with Gasteiger partial charge in [0.15, 0.2) is 0 Å². The molecule has 160 valence electrons. The topological polar surface area (TPSA) is 55.8 Å². The third-order valence-corrected chi connectivity index (χ3v) is 5.59. The summed E-state index contributed by atoms with van der Waals surface area (Å²) in [6, 6.07) is 2.00. The molecule has 1 aromatic rings. The lowest BCUT2D eigenvalue weighted by atomic mass is 9.75. The Hall–Kier alpha value is -2.23. The highest BCUT2D eigenvalue weighted by Crippen LogP contribution is 2.47. The van der Waals surface area contributed by atoms with Crippen LogP contribution in [0.15, 0.2) is 30.4 Å². The molecule has 0 bridgehead atoms. The Morgan fingerprint density at radius 1 is 1.34 bits per heavy atom. The van der Waals surface area contributed by atoms with E-state index in [0.29, 0.717) is 5.75 Å². The highest BCUT2D eigenvalue weighted by atomic mass is 16.7. The van der Waals surface area contributed by atoms with Gasteiger partial charge in [0.2, 0.25) is 6.79 Å². The molecular formula is C25H36O4. The largest absolute Gasteiger partial charge is 0.507 e. The van der Waals surface area contributed by atoms with Crippen LogP contribution in [0.5, 0.6) is 11.5 Å². The van der Waals surface area contributed by atoms with E-state index in [0.717, 1.165) is 47.9 Å². The summed E-state index contributed by atoms with van der Waals surface area (Å²) in [6.07, 6.45) is 8.11. The van der Waals surface area contributed by atoms with Crippen LogP contribution in [0.2, 0.25) is 0 Å². The van der Waals surface area contributed by atoms with Gasteiger partial charge in [0.05, 0.1) is 5.41 Å². The van der Waals surface area contributed by atoms with Crippen molar-refractivity contribution < 1.29 is 19.4 Å². The van der Waals surface area contributed by atoms with E-state index < -0.39 is 5.41 Å². The van der Waals surface area contributed by atoms with Crippen LogP contribution in [-0.4, -0.2) is 17.9 Å². The van der Waals surface area contributed by atoms with Crippen molar-refractivity contribution in [2.75, 3.05) is 6.79 Å². The molecule has 4 heteroatoms. The minimum atomic E-state index is -0.591. The molecule has 1 aliphatic rings. The first-order chi connectivity index (χ1) is 13.6. The molecule has 1 aliphatic carbocycles. The van der Waals surface area contributed by atoms with Crippen molar-refractivity contribution in [3.8, 4) is 11.5 Å². The molecule has 4 nitrogen and oxygen atoms in total. The van der Waals surface area contributed by atoms with Gasteiger partial charge in [0, 0.05) is 11.5 Å². The van der Waals surface area contributed by atoms with E-state index in [2.05, 4.69) is 25.7 Å². The molecule has 0 saturated carbocycles. The first-order valence-corrected chi connectivity index (χ1v) is 10.5. The number of aryl methyl sites for hydroxylation is 1. The number of allylic oxidation sites excluding steroid dienone is 3. The maximum Gasteiger partial charge on any atom is 0.314 e. The highest BCUT2D eigenvalue weighted by molar-refractivity contribution is 5.75. The Morgan fingerprint density at radius 3 is 2.62 bits per heavy atom. The second kappa shape index (κ2) is 9.51. The fourth-order valence-electron chi connectivity index (χ4n) is 3.83. The lowest BCUT2D eigenvalue weighted by Gasteiger charge is -2.31. The molecule has 0 fully saturated rings. The zero-order valence-electron chi connectivity index (χ0n) is 18.8. The summed E-state index contributed by atoms with van der Waals surface area (Å²) in [7, 11) is 0. The number of carbonyl (C=O) groups is 1. The summed E-state index contributed by atoms with van der Waals surface area (Å²) < 4.78 is 11.3. The summed E-state index contributed by atoms with van der Waals surface area (Å²) in [4.78, 5) is 12.1. The molecule has 2 atom stereocenters. The average Bonchev–Trinajstić information content (AvgIpc) is 2.65. The van der Waals surface area contributed by atoms with Crippen LogP contribution in [0.1, 0.15) is 76.5 Å². The highest BCUT2D eigenvalue weighted by Gasteiger charge is 2.31. The van der Waals surface area contributed by atoms with Crippen molar-refractivity contribution in [1.82, 2.24) is 0 Å². The van der Waals surface area contributed by atoms with E-state index in [9.17, 15) is 9.90 Å². The molecule has 0 radical (unpaired) electrons. The van der Waals surface area contributed by atoms with Gasteiger partial charge >= 0.3 is 5.97 Å². The lowest BCUT2D eigenvalue weighted by Crippen LogP contribution is -2.25. The van der Waals surface area contributed by atoms with Crippen molar-refractivity contribution >= 4 is 5.97 Å². The van der Waals surface area contributed by atoms with E-state index in [1.807, 2.05) is 40.7 Å². The van der Waals surface area contributed by atoms with Crippen LogP contribution < -0.4 is 4.74 Å². The predicted octanol–water partition coefficient (Wildman–Crippen LogP) is 6.20. The summed E-state index contributed by atoms with van der Waals surface area (Å²) >= 11 is 0. The fourth-order valence-corrected chi connectivity index (χ4v) is 3.83. The molecule has 2 rings (SSSR count). The Labute approximate surface area is 175 Å². The van der Waals surface area contributed by atoms with E-state index in [4.69, 9.17) is 9.47 Å². The molecule has 1 aromatic carbocycles. The van der Waals surface area contributed by atoms with Gasteiger partial charge in [-0.3, -0.25) is 4.79 Å². The molecule has 0 spiro atoms. The Bertz CT molecular complexity index is 783. The van der Waals surface area contributed by atoms with Crippen LogP contribution in [0.4, 0.5) is 0 Å². The van der Waals surface area contributed by atoms with Crippen molar-refractivity contribution in [2.45, 2.75) is 73.1 Å². The lowest BCUT2D eigenvalue weighted by molar-refractivity contribution is -0.159. The zero-order valence-corrected chi connectivity index (χ0v) is 18.8. The van der Waals surface area contributed by atoms with Crippen LogP contribution in [-0.2, 0) is 16.0 Å². The number of hydrogen-bond donors (Lipinski definition) is 1. The average molecular weight is 401 g/mol. The number of phenolic OH excluding ortho intramolecular Hbond substituents is 1. The monoisotopic (exact) mass is 400 g/mol. The van der Waals surface area contributed by atoms with Crippen LogP contribution in [0.3, 0.4) is 0 Å². The summed E-state index contributed by atoms with van der Waals surface area (Å²) in [5, 5.41) is 11.1. The predicted molar refractivity (Wildman–Crippen MR) is 117 cm³/mol. The van der Waals surface area contributed by atoms with Gasteiger partial charge < -0.3 is 14.6 Å². The molecule has 0 amide bonds. The number of rotatable bonds is 7. The van der Waals surface area contributed by atoms with E-state index in [-0.39, 0.29) is 30.3 Å². The van der Waals surface area contributed by atoms with Crippen LogP contribution in [0.25, 0.3) is 0 Å². The fraction of sp³-hybridized carbons (Fsp3) is 0.560. The minimum absolute atomic E-state index is 0.0102. The van der Waals surface area contributed by atoms with E-state index in [1.54, 1.807) is 0 Å². The second-order valence-corrected chi connectivity index (χ2v) is 9.10. The van der Waals surface area contributed by atoms with Crippen molar-refractivity contribution in [3.05, 3.63) is 47.1 Å². The summed E-state index contributed by atoms with van der Waals surface area (Å²) in [5.74, 6) is 0.768. The Kier molecular flexibility index (Phi) is 7.56. The second-order valence-electron chi connectivity index (χ2n) is 9.10. The van der Waals surface area contributed by atoms with Gasteiger partial charge in [-0.15, -0.1) is 0 Å². The van der Waals surface area contributed by atoms with Crippen LogP contribution >= 0.6 is 0 Å². The number of esters is 1. The van der Waals surface area contributed by atoms with E-state index >= 15 is 0 Å². The quantitative estimate of drug-likeness (QED) is 0.336. The number of phenols is 1. The van der Waals surface area contributed by atoms with Gasteiger partial charge in [-0.05, 0) is 77.0 Å². The first-order valence-electron chi connectivity index (χ1n) is 10.5. The Morgan fingerprint density at radius 2 is 2.03 bits per heavy atom. The number of ether oxygens (including phenoxy) is 2. The molecule has 0 heterocycles. The van der Waals surface area contributed by atoms with Gasteiger partial charge in [0.1, 0.15) is 11.5 Å². The molecule has 0 unspecified atom stereocenters. The van der Waals surface area contributed by atoms with Crippen LogP contribution in [0, 0.1) is 18.3 Å². The van der Waals surface area contributed by atoms with Gasteiger partial charge in [-0.25, -0.2) is 0 Å². The summed E-state index contributed by atoms with van der Waals surface area (Å²) in [5.41, 5.74) is 3.21. The van der Waals surface area contributed by atoms with Crippen molar-refractivity contribution in [2.24, 2.45) is 11.3 Å². The minimum Gasteiger partial charge on any atom is -0.507 e. The zero-order chi connectivity index (χ0) is 21.8. The van der Waals surface area contributed by atoms with E-state index in [1.165, 1.54) is 0 Å². The smallest absolute Gasteiger partial charge is 0.314 e. The molecule has 0 aromatic heterocycles. The number of aromatic hydroxyl groups is 1. The maximum atomic E-state index is 12.1. The Balaban J connectivity index is 2.43. The number of hydrogen-bond acceptors (Lipinski definition) is 4. The standard InChI is InChI=1S/C25H36O4/c1-8-11-18-14-21(28-15-29-24(27)25(5,6)7)22(23(26)17(18)4)20-13-10-9-12-19(20)16(2)3/h10,13-14,19-20,26H,2,8-9,11-12,15H2,1,3-7H3/t19-,20+/m0/s1. The third-order valence-electron chi connectivity index (χ3n) is 5.59. The molecule has 1 N–H and O–H groups in total. The molecule has 0 saturated heterocycles. The third kappa shape index (κ3) is 5.43. The normalized spacial score (nSPS) is 19.1. The SMILES string of the molecule is C=C(C)[C@@H]1CCC=C[C@H]1c1c(OCOC(=O)C(C)(C)C)cc(CCC)c(C)c1O. The molecular weight excluding hydrogens is 364 g/mol. The first kappa shape index (κ1) is 23.1. The molecule has 29 heavy (non-hydrogen) atoms. The number of carbonyl (C=O) groups excluding carboxylic acids is 1.